The third-order valence-electron chi connectivity index (χ3n) is 7.05. The molecule has 5 rings (SSSR count). The zero-order valence-electron chi connectivity index (χ0n) is 20.4. The number of ether oxygens (including phenoxy) is 1. The topological polar surface area (TPSA) is 74.8 Å². The number of hydrogen-bond donors (Lipinski definition) is 1. The van der Waals surface area contributed by atoms with Gasteiger partial charge in [0, 0.05) is 32.7 Å². The lowest BCUT2D eigenvalue weighted by Crippen LogP contribution is -2.36. The van der Waals surface area contributed by atoms with Gasteiger partial charge < -0.3 is 19.9 Å². The number of fused-ring (bicyclic) bond motifs is 1. The van der Waals surface area contributed by atoms with E-state index in [1.165, 1.54) is 23.5 Å². The van der Waals surface area contributed by atoms with Crippen molar-refractivity contribution in [3.63, 3.8) is 0 Å². The fraction of sp³-hybridized carbons (Fsp3) is 0.370. The van der Waals surface area contributed by atoms with Gasteiger partial charge in [0.2, 0.25) is 5.88 Å². The van der Waals surface area contributed by atoms with E-state index in [0.29, 0.717) is 37.2 Å². The zero-order valence-corrected chi connectivity index (χ0v) is 22.0. The van der Waals surface area contributed by atoms with Crippen molar-refractivity contribution in [2.24, 2.45) is 11.8 Å². The number of likely N-dealkylation sites (tertiary alicyclic amines) is 2. The van der Waals surface area contributed by atoms with Crippen LogP contribution in [-0.2, 0) is 0 Å². The first kappa shape index (κ1) is 25.6. The van der Waals surface area contributed by atoms with Crippen LogP contribution in [0.5, 0.6) is 5.88 Å². The molecule has 3 atom stereocenters. The van der Waals surface area contributed by atoms with E-state index >= 15 is 0 Å². The Bertz CT molecular complexity index is 1240. The highest BCUT2D eigenvalue weighted by atomic mass is 35.5. The maximum absolute atomic E-state index is 14.3. The van der Waals surface area contributed by atoms with Crippen molar-refractivity contribution in [1.29, 1.82) is 0 Å². The van der Waals surface area contributed by atoms with Crippen LogP contribution in [0.2, 0.25) is 5.02 Å². The Labute approximate surface area is 224 Å². The molecule has 0 saturated carbocycles. The van der Waals surface area contributed by atoms with Gasteiger partial charge in [-0.25, -0.2) is 14.2 Å². The first-order valence-electron chi connectivity index (χ1n) is 12.3. The van der Waals surface area contributed by atoms with Crippen molar-refractivity contribution < 1.29 is 18.7 Å². The van der Waals surface area contributed by atoms with Gasteiger partial charge in [0.05, 0.1) is 27.0 Å². The van der Waals surface area contributed by atoms with Crippen LogP contribution in [0.15, 0.2) is 53.9 Å². The molecule has 3 heterocycles. The van der Waals surface area contributed by atoms with Gasteiger partial charge in [0.15, 0.2) is 0 Å². The third-order valence-corrected chi connectivity index (χ3v) is 8.12. The van der Waals surface area contributed by atoms with Crippen LogP contribution in [-0.4, -0.2) is 59.5 Å². The Morgan fingerprint density at radius 1 is 1.14 bits per heavy atom. The minimum atomic E-state index is -0.584. The number of hydrogen-bond acceptors (Lipinski definition) is 6. The Balaban J connectivity index is 1.16. The SMILES string of the molecule is Cc1nc(OC(=O)NC(CCN2CC3CN(C(=O)c4c(F)cccc4Cl)C[C@@H]3C2)c2ccccc2)cs1. The molecule has 2 aliphatic rings. The molecule has 7 nitrogen and oxygen atoms in total. The molecule has 10 heteroatoms. The molecule has 2 aliphatic heterocycles. The lowest BCUT2D eigenvalue weighted by atomic mass is 10.0. The zero-order chi connectivity index (χ0) is 25.9. The van der Waals surface area contributed by atoms with Crippen LogP contribution in [0.4, 0.5) is 9.18 Å². The third kappa shape index (κ3) is 5.95. The minimum Gasteiger partial charge on any atom is -0.390 e. The molecular formula is C27H28ClFN4O3S. The Kier molecular flexibility index (Phi) is 7.73. The summed E-state index contributed by atoms with van der Waals surface area (Å²) in [5, 5.41) is 5.68. The summed E-state index contributed by atoms with van der Waals surface area (Å²) >= 11 is 7.54. The van der Waals surface area contributed by atoms with Crippen molar-refractivity contribution in [3.8, 4) is 5.88 Å². The molecule has 0 spiro atoms. The number of benzene rings is 2. The molecule has 37 heavy (non-hydrogen) atoms. The molecular weight excluding hydrogens is 515 g/mol. The number of carbonyl (C=O) groups excluding carboxylic acids is 2. The first-order chi connectivity index (χ1) is 17.9. The van der Waals surface area contributed by atoms with Crippen LogP contribution in [0.25, 0.3) is 0 Å². The van der Waals surface area contributed by atoms with Gasteiger partial charge in [0.1, 0.15) is 5.82 Å². The van der Waals surface area contributed by atoms with Gasteiger partial charge in [-0.2, -0.15) is 0 Å². The van der Waals surface area contributed by atoms with E-state index in [0.717, 1.165) is 30.2 Å². The maximum Gasteiger partial charge on any atom is 0.414 e. The molecule has 0 aliphatic carbocycles. The summed E-state index contributed by atoms with van der Waals surface area (Å²) in [5.41, 5.74) is 0.962. The van der Waals surface area contributed by atoms with E-state index in [1.807, 2.05) is 37.3 Å². The van der Waals surface area contributed by atoms with Crippen LogP contribution in [0, 0.1) is 24.6 Å². The second kappa shape index (κ2) is 11.2. The number of thiazole rings is 1. The molecule has 2 saturated heterocycles. The normalized spacial score (nSPS) is 20.0. The van der Waals surface area contributed by atoms with Crippen molar-refractivity contribution in [2.75, 3.05) is 32.7 Å². The van der Waals surface area contributed by atoms with E-state index in [2.05, 4.69) is 15.2 Å². The van der Waals surface area contributed by atoms with Crippen LogP contribution in [0.1, 0.15) is 33.4 Å². The predicted octanol–water partition coefficient (Wildman–Crippen LogP) is 5.17. The molecule has 1 N–H and O–H groups in total. The summed E-state index contributed by atoms with van der Waals surface area (Å²) in [5.74, 6) is 0.0336. The van der Waals surface area contributed by atoms with Crippen LogP contribution < -0.4 is 10.1 Å². The highest BCUT2D eigenvalue weighted by molar-refractivity contribution is 7.09. The van der Waals surface area contributed by atoms with Crippen molar-refractivity contribution in [3.05, 3.63) is 80.9 Å². The van der Waals surface area contributed by atoms with Gasteiger partial charge in [-0.05, 0) is 42.9 Å². The highest BCUT2D eigenvalue weighted by Gasteiger charge is 2.42. The molecule has 0 radical (unpaired) electrons. The van der Waals surface area contributed by atoms with Gasteiger partial charge in [-0.15, -0.1) is 11.3 Å². The summed E-state index contributed by atoms with van der Waals surface area (Å²) in [6.45, 7) is 5.52. The molecule has 3 aromatic rings. The number of halogens is 2. The summed E-state index contributed by atoms with van der Waals surface area (Å²) in [6, 6.07) is 13.9. The molecule has 2 fully saturated rings. The van der Waals surface area contributed by atoms with Gasteiger partial charge in [0.25, 0.3) is 5.91 Å². The van der Waals surface area contributed by atoms with Crippen molar-refractivity contribution >= 4 is 34.9 Å². The first-order valence-corrected chi connectivity index (χ1v) is 13.5. The number of nitrogens with one attached hydrogen (secondary N) is 1. The Morgan fingerprint density at radius 2 is 1.86 bits per heavy atom. The van der Waals surface area contributed by atoms with Crippen molar-refractivity contribution in [1.82, 2.24) is 20.1 Å². The van der Waals surface area contributed by atoms with E-state index < -0.39 is 11.9 Å². The Hall–Kier alpha value is -3.01. The number of aromatic nitrogens is 1. The molecule has 2 amide bonds. The molecule has 194 valence electrons. The number of amides is 2. The van der Waals surface area contributed by atoms with Gasteiger partial charge >= 0.3 is 6.09 Å². The standard InChI is InChI=1S/C27H28ClFN4O3S/c1-17-30-24(16-37-17)36-27(35)31-23(18-6-3-2-4-7-18)10-11-32-12-19-14-33(15-20(19)13-32)26(34)25-21(28)8-5-9-22(25)29/h2-9,16,19-20,23H,10-15H2,1H3,(H,31,35)/t19-,20?,23?/m0/s1. The lowest BCUT2D eigenvalue weighted by molar-refractivity contribution is 0.0769. The van der Waals surface area contributed by atoms with Gasteiger partial charge in [-0.3, -0.25) is 4.79 Å². The lowest BCUT2D eigenvalue weighted by Gasteiger charge is -2.24. The number of rotatable bonds is 7. The smallest absolute Gasteiger partial charge is 0.390 e. The van der Waals surface area contributed by atoms with E-state index in [1.54, 1.807) is 16.3 Å². The minimum absolute atomic E-state index is 0.0440. The van der Waals surface area contributed by atoms with E-state index in [-0.39, 0.29) is 22.5 Å². The fourth-order valence-electron chi connectivity index (χ4n) is 5.28. The summed E-state index contributed by atoms with van der Waals surface area (Å²) < 4.78 is 19.6. The van der Waals surface area contributed by atoms with E-state index in [4.69, 9.17) is 16.3 Å². The number of aryl methyl sites for hydroxylation is 1. The summed E-state index contributed by atoms with van der Waals surface area (Å²) in [7, 11) is 0. The molecule has 2 aromatic carbocycles. The second-order valence-electron chi connectivity index (χ2n) is 9.58. The van der Waals surface area contributed by atoms with Crippen LogP contribution >= 0.6 is 22.9 Å². The predicted molar refractivity (Wildman–Crippen MR) is 141 cm³/mol. The highest BCUT2D eigenvalue weighted by Crippen LogP contribution is 2.34. The van der Waals surface area contributed by atoms with Gasteiger partial charge in [-0.1, -0.05) is 48.0 Å². The number of carbonyl (C=O) groups is 2. The molecule has 2 unspecified atom stereocenters. The second-order valence-corrected chi connectivity index (χ2v) is 11.0. The van der Waals surface area contributed by atoms with Crippen molar-refractivity contribution in [2.45, 2.75) is 19.4 Å². The quantitative estimate of drug-likeness (QED) is 0.446. The fourth-order valence-corrected chi connectivity index (χ4v) is 6.03. The maximum atomic E-state index is 14.3. The number of nitrogens with zero attached hydrogens (tertiary/aromatic N) is 3. The molecule has 1 aromatic heterocycles. The van der Waals surface area contributed by atoms with Crippen LogP contribution in [0.3, 0.4) is 0 Å². The monoisotopic (exact) mass is 542 g/mol. The molecule has 0 bridgehead atoms. The summed E-state index contributed by atoms with van der Waals surface area (Å²) in [4.78, 5) is 33.8. The van der Waals surface area contributed by atoms with E-state index in [9.17, 15) is 14.0 Å². The average molecular weight is 543 g/mol. The average Bonchev–Trinajstić information content (AvgIpc) is 3.57. The summed E-state index contributed by atoms with van der Waals surface area (Å²) in [6.07, 6.45) is 0.181. The largest absolute Gasteiger partial charge is 0.414 e. The Morgan fingerprint density at radius 3 is 2.51 bits per heavy atom.